The molecular weight excluding hydrogens is 218 g/mol. The Balaban J connectivity index is 2.05. The maximum absolute atomic E-state index is 11.3. The number of rotatable bonds is 6. The fourth-order valence-electron chi connectivity index (χ4n) is 1.68. The highest BCUT2D eigenvalue weighted by atomic mass is 16.5. The Morgan fingerprint density at radius 3 is 2.59 bits per heavy atom. The van der Waals surface area contributed by atoms with Gasteiger partial charge in [0.25, 0.3) is 0 Å². The van der Waals surface area contributed by atoms with E-state index in [9.17, 15) is 9.90 Å². The average Bonchev–Trinajstić information content (AvgIpc) is 3.14. The van der Waals surface area contributed by atoms with Gasteiger partial charge in [0.1, 0.15) is 0 Å². The molecule has 1 atom stereocenters. The second-order valence-corrected chi connectivity index (χ2v) is 4.60. The number of ether oxygens (including phenoxy) is 1. The minimum Gasteiger partial charge on any atom is -0.480 e. The molecule has 92 valence electrons. The van der Waals surface area contributed by atoms with Crippen molar-refractivity contribution in [2.75, 3.05) is 13.2 Å². The van der Waals surface area contributed by atoms with E-state index in [1.54, 1.807) is 24.3 Å². The van der Waals surface area contributed by atoms with E-state index < -0.39 is 11.5 Å². The van der Waals surface area contributed by atoms with E-state index in [-0.39, 0.29) is 6.61 Å². The molecule has 4 nitrogen and oxygen atoms in total. The Hall–Kier alpha value is -1.39. The summed E-state index contributed by atoms with van der Waals surface area (Å²) < 4.78 is 5.43. The van der Waals surface area contributed by atoms with Crippen molar-refractivity contribution in [3.8, 4) is 0 Å². The molecule has 0 heterocycles. The molecule has 1 aliphatic rings. The zero-order valence-electron chi connectivity index (χ0n) is 9.63. The first-order chi connectivity index (χ1) is 8.13. The van der Waals surface area contributed by atoms with Crippen LogP contribution in [0.15, 0.2) is 30.3 Å². The van der Waals surface area contributed by atoms with E-state index >= 15 is 0 Å². The molecule has 1 aromatic carbocycles. The van der Waals surface area contributed by atoms with Gasteiger partial charge in [0.15, 0.2) is 5.54 Å². The normalized spacial score (nSPS) is 18.6. The van der Waals surface area contributed by atoms with E-state index in [2.05, 4.69) is 0 Å². The molecule has 2 rings (SSSR count). The van der Waals surface area contributed by atoms with Gasteiger partial charge in [0, 0.05) is 6.61 Å². The summed E-state index contributed by atoms with van der Waals surface area (Å²) >= 11 is 0. The molecule has 1 fully saturated rings. The highest BCUT2D eigenvalue weighted by Crippen LogP contribution is 2.29. The number of nitrogens with two attached hydrogens (primary N) is 1. The summed E-state index contributed by atoms with van der Waals surface area (Å²) in [4.78, 5) is 11.3. The summed E-state index contributed by atoms with van der Waals surface area (Å²) in [5.41, 5.74) is 5.07. The lowest BCUT2D eigenvalue weighted by Gasteiger charge is -2.25. The van der Waals surface area contributed by atoms with Gasteiger partial charge in [-0.3, -0.25) is 0 Å². The average molecular weight is 235 g/mol. The molecule has 4 heteroatoms. The van der Waals surface area contributed by atoms with Crippen LogP contribution < -0.4 is 5.73 Å². The van der Waals surface area contributed by atoms with E-state index in [0.29, 0.717) is 18.1 Å². The zero-order chi connectivity index (χ0) is 12.3. The van der Waals surface area contributed by atoms with E-state index in [1.807, 2.05) is 6.07 Å². The van der Waals surface area contributed by atoms with Crippen molar-refractivity contribution in [3.05, 3.63) is 35.9 Å². The number of carboxylic acid groups (broad SMARTS) is 1. The topological polar surface area (TPSA) is 72.5 Å². The number of carboxylic acids is 1. The maximum atomic E-state index is 11.3. The summed E-state index contributed by atoms with van der Waals surface area (Å²) in [5.74, 6) is -0.455. The van der Waals surface area contributed by atoms with Crippen molar-refractivity contribution in [1.82, 2.24) is 0 Å². The molecular formula is C13H17NO3. The van der Waals surface area contributed by atoms with Crippen LogP contribution in [-0.2, 0) is 15.1 Å². The fourth-order valence-corrected chi connectivity index (χ4v) is 1.68. The first kappa shape index (κ1) is 12.1. The second kappa shape index (κ2) is 4.85. The third-order valence-corrected chi connectivity index (χ3v) is 3.05. The first-order valence-corrected chi connectivity index (χ1v) is 5.78. The minimum atomic E-state index is -1.45. The number of aliphatic carboxylic acids is 1. The Morgan fingerprint density at radius 2 is 2.06 bits per heavy atom. The summed E-state index contributed by atoms with van der Waals surface area (Å²) in [6.45, 7) is 0.627. The van der Waals surface area contributed by atoms with Gasteiger partial charge in [-0.2, -0.15) is 0 Å². The van der Waals surface area contributed by atoms with Crippen LogP contribution in [0.25, 0.3) is 0 Å². The predicted octanol–water partition coefficient (Wildman–Crippen LogP) is 1.35. The monoisotopic (exact) mass is 235 g/mol. The van der Waals surface area contributed by atoms with Crippen molar-refractivity contribution in [3.63, 3.8) is 0 Å². The highest BCUT2D eigenvalue weighted by molar-refractivity contribution is 5.80. The van der Waals surface area contributed by atoms with Gasteiger partial charge in [-0.15, -0.1) is 0 Å². The molecule has 1 aliphatic carbocycles. The van der Waals surface area contributed by atoms with Gasteiger partial charge in [0.2, 0.25) is 0 Å². The quantitative estimate of drug-likeness (QED) is 0.780. The molecule has 0 spiro atoms. The Labute approximate surface area is 100 Å². The van der Waals surface area contributed by atoms with Crippen LogP contribution >= 0.6 is 0 Å². The smallest absolute Gasteiger partial charge is 0.330 e. The first-order valence-electron chi connectivity index (χ1n) is 5.78. The largest absolute Gasteiger partial charge is 0.480 e. The van der Waals surface area contributed by atoms with E-state index in [0.717, 1.165) is 0 Å². The van der Waals surface area contributed by atoms with Gasteiger partial charge in [-0.25, -0.2) is 4.79 Å². The van der Waals surface area contributed by atoms with Gasteiger partial charge in [-0.1, -0.05) is 30.3 Å². The van der Waals surface area contributed by atoms with Crippen LogP contribution in [0.2, 0.25) is 0 Å². The molecule has 17 heavy (non-hydrogen) atoms. The van der Waals surface area contributed by atoms with Gasteiger partial charge >= 0.3 is 5.97 Å². The zero-order valence-corrected chi connectivity index (χ0v) is 9.63. The van der Waals surface area contributed by atoms with Crippen molar-refractivity contribution < 1.29 is 14.6 Å². The van der Waals surface area contributed by atoms with Gasteiger partial charge in [0.05, 0.1) is 6.61 Å². The number of benzene rings is 1. The molecule has 0 aromatic heterocycles. The second-order valence-electron chi connectivity index (χ2n) is 4.60. The number of hydrogen-bond donors (Lipinski definition) is 2. The van der Waals surface area contributed by atoms with Gasteiger partial charge in [-0.05, 0) is 24.3 Å². The Kier molecular flexibility index (Phi) is 3.45. The molecule has 3 N–H and O–H groups in total. The van der Waals surface area contributed by atoms with Crippen LogP contribution in [0, 0.1) is 5.92 Å². The van der Waals surface area contributed by atoms with Crippen LogP contribution in [0.1, 0.15) is 18.4 Å². The van der Waals surface area contributed by atoms with Crippen molar-refractivity contribution in [2.24, 2.45) is 11.7 Å². The fraction of sp³-hybridized carbons (Fsp3) is 0.462. The van der Waals surface area contributed by atoms with Crippen molar-refractivity contribution >= 4 is 5.97 Å². The van der Waals surface area contributed by atoms with Crippen LogP contribution in [0.3, 0.4) is 0 Å². The molecule has 0 saturated heterocycles. The Morgan fingerprint density at radius 1 is 1.41 bits per heavy atom. The SMILES string of the molecule is NC(COCC1CC1)(C(=O)O)c1ccccc1. The van der Waals surface area contributed by atoms with Crippen molar-refractivity contribution in [2.45, 2.75) is 18.4 Å². The third-order valence-electron chi connectivity index (χ3n) is 3.05. The number of carbonyl (C=O) groups is 1. The summed E-state index contributed by atoms with van der Waals surface area (Å²) in [6.07, 6.45) is 2.35. The highest BCUT2D eigenvalue weighted by Gasteiger charge is 2.37. The molecule has 1 unspecified atom stereocenters. The molecule has 0 aliphatic heterocycles. The lowest BCUT2D eigenvalue weighted by atomic mass is 9.92. The maximum Gasteiger partial charge on any atom is 0.330 e. The number of hydrogen-bond acceptors (Lipinski definition) is 3. The third kappa shape index (κ3) is 2.84. The molecule has 1 aromatic rings. The lowest BCUT2D eigenvalue weighted by Crippen LogP contribution is -2.49. The van der Waals surface area contributed by atoms with E-state index in [1.165, 1.54) is 12.8 Å². The standard InChI is InChI=1S/C13H17NO3/c14-13(12(15)16,9-17-8-10-6-7-10)11-4-2-1-3-5-11/h1-5,10H,6-9,14H2,(H,15,16). The summed E-state index contributed by atoms with van der Waals surface area (Å²) in [6, 6.07) is 8.82. The van der Waals surface area contributed by atoms with Gasteiger partial charge < -0.3 is 15.6 Å². The van der Waals surface area contributed by atoms with Crippen LogP contribution in [0.4, 0.5) is 0 Å². The summed E-state index contributed by atoms with van der Waals surface area (Å²) in [5, 5.41) is 9.26. The van der Waals surface area contributed by atoms with Crippen molar-refractivity contribution in [1.29, 1.82) is 0 Å². The summed E-state index contributed by atoms with van der Waals surface area (Å²) in [7, 11) is 0. The predicted molar refractivity (Wildman–Crippen MR) is 63.5 cm³/mol. The molecule has 0 amide bonds. The minimum absolute atomic E-state index is 0.0167. The molecule has 0 radical (unpaired) electrons. The van der Waals surface area contributed by atoms with Crippen LogP contribution in [-0.4, -0.2) is 24.3 Å². The molecule has 0 bridgehead atoms. The Bertz CT molecular complexity index is 389. The van der Waals surface area contributed by atoms with Crippen LogP contribution in [0.5, 0.6) is 0 Å². The lowest BCUT2D eigenvalue weighted by molar-refractivity contribution is -0.146. The van der Waals surface area contributed by atoms with E-state index in [4.69, 9.17) is 10.5 Å². The molecule has 1 saturated carbocycles.